The molecule has 2 rings (SSSR count). The normalized spacial score (nSPS) is 19.9. The SMILES string of the molecule is O=C(c1ccc(Br)cc1F)N1CCCC(CO)C1. The number of carbonyl (C=O) groups is 1. The fourth-order valence-electron chi connectivity index (χ4n) is 2.23. The van der Waals surface area contributed by atoms with Gasteiger partial charge in [0.2, 0.25) is 0 Å². The van der Waals surface area contributed by atoms with Gasteiger partial charge in [0.15, 0.2) is 0 Å². The highest BCUT2D eigenvalue weighted by Gasteiger charge is 2.25. The Morgan fingerprint density at radius 1 is 1.56 bits per heavy atom. The summed E-state index contributed by atoms with van der Waals surface area (Å²) in [5.41, 5.74) is 0.0942. The number of aliphatic hydroxyl groups is 1. The second-order valence-corrected chi connectivity index (χ2v) is 5.48. The molecule has 1 atom stereocenters. The highest BCUT2D eigenvalue weighted by Crippen LogP contribution is 2.21. The van der Waals surface area contributed by atoms with E-state index in [4.69, 9.17) is 5.11 Å². The average Bonchev–Trinajstić information content (AvgIpc) is 2.38. The number of rotatable bonds is 2. The number of hydrogen-bond acceptors (Lipinski definition) is 2. The summed E-state index contributed by atoms with van der Waals surface area (Å²) in [5.74, 6) is -0.695. The number of halogens is 2. The van der Waals surface area contributed by atoms with Crippen LogP contribution in [0.5, 0.6) is 0 Å². The first-order valence-corrected chi connectivity index (χ1v) is 6.76. The van der Waals surface area contributed by atoms with E-state index < -0.39 is 5.82 Å². The van der Waals surface area contributed by atoms with Gasteiger partial charge in [-0.1, -0.05) is 15.9 Å². The van der Waals surface area contributed by atoms with Crippen LogP contribution in [0.25, 0.3) is 0 Å². The monoisotopic (exact) mass is 315 g/mol. The minimum absolute atomic E-state index is 0.0760. The zero-order chi connectivity index (χ0) is 13.1. The van der Waals surface area contributed by atoms with Crippen molar-refractivity contribution < 1.29 is 14.3 Å². The molecular formula is C13H15BrFNO2. The van der Waals surface area contributed by atoms with E-state index in [0.29, 0.717) is 17.6 Å². The Bertz CT molecular complexity index is 453. The fraction of sp³-hybridized carbons (Fsp3) is 0.462. The van der Waals surface area contributed by atoms with Gasteiger partial charge in [0, 0.05) is 24.2 Å². The van der Waals surface area contributed by atoms with E-state index in [1.54, 1.807) is 11.0 Å². The molecule has 5 heteroatoms. The lowest BCUT2D eigenvalue weighted by molar-refractivity contribution is 0.0616. The number of aliphatic hydroxyl groups excluding tert-OH is 1. The Morgan fingerprint density at radius 2 is 2.33 bits per heavy atom. The molecule has 98 valence electrons. The Labute approximate surface area is 114 Å². The van der Waals surface area contributed by atoms with Gasteiger partial charge in [-0.2, -0.15) is 0 Å². The number of likely N-dealkylation sites (tertiary alicyclic amines) is 1. The van der Waals surface area contributed by atoms with Gasteiger partial charge in [-0.3, -0.25) is 4.79 Å². The lowest BCUT2D eigenvalue weighted by Crippen LogP contribution is -2.41. The molecule has 1 aliphatic rings. The summed E-state index contributed by atoms with van der Waals surface area (Å²) in [4.78, 5) is 13.8. The van der Waals surface area contributed by atoms with Crippen molar-refractivity contribution in [2.75, 3.05) is 19.7 Å². The van der Waals surface area contributed by atoms with E-state index in [9.17, 15) is 9.18 Å². The molecule has 1 saturated heterocycles. The van der Waals surface area contributed by atoms with Gasteiger partial charge in [-0.15, -0.1) is 0 Å². The quantitative estimate of drug-likeness (QED) is 0.910. The topological polar surface area (TPSA) is 40.5 Å². The molecule has 1 unspecified atom stereocenters. The van der Waals surface area contributed by atoms with Crippen LogP contribution in [0.1, 0.15) is 23.2 Å². The van der Waals surface area contributed by atoms with Crippen LogP contribution in [0.15, 0.2) is 22.7 Å². The summed E-state index contributed by atoms with van der Waals surface area (Å²) < 4.78 is 14.3. The molecule has 1 amide bonds. The molecule has 0 saturated carbocycles. The van der Waals surface area contributed by atoms with Gasteiger partial charge in [-0.05, 0) is 37.0 Å². The summed E-state index contributed by atoms with van der Waals surface area (Å²) in [6, 6.07) is 4.44. The van der Waals surface area contributed by atoms with Crippen molar-refractivity contribution in [2.45, 2.75) is 12.8 Å². The molecule has 1 aromatic carbocycles. The number of nitrogens with zero attached hydrogens (tertiary/aromatic N) is 1. The number of piperidine rings is 1. The van der Waals surface area contributed by atoms with Gasteiger partial charge >= 0.3 is 0 Å². The molecular weight excluding hydrogens is 301 g/mol. The van der Waals surface area contributed by atoms with Crippen molar-refractivity contribution in [3.05, 3.63) is 34.1 Å². The van der Waals surface area contributed by atoms with Crippen LogP contribution in [0, 0.1) is 11.7 Å². The Morgan fingerprint density at radius 3 is 3.00 bits per heavy atom. The molecule has 0 bridgehead atoms. The number of amides is 1. The summed E-state index contributed by atoms with van der Waals surface area (Å²) in [7, 11) is 0. The van der Waals surface area contributed by atoms with Crippen molar-refractivity contribution in [2.24, 2.45) is 5.92 Å². The van der Waals surface area contributed by atoms with Crippen LogP contribution in [-0.2, 0) is 0 Å². The number of benzene rings is 1. The third kappa shape index (κ3) is 2.90. The van der Waals surface area contributed by atoms with Gasteiger partial charge in [-0.25, -0.2) is 4.39 Å². The molecule has 0 aliphatic carbocycles. The van der Waals surface area contributed by atoms with Crippen LogP contribution in [0.3, 0.4) is 0 Å². The average molecular weight is 316 g/mol. The van der Waals surface area contributed by atoms with Crippen molar-refractivity contribution in [1.29, 1.82) is 0 Å². The first-order chi connectivity index (χ1) is 8.61. The van der Waals surface area contributed by atoms with Crippen LogP contribution in [-0.4, -0.2) is 35.6 Å². The summed E-state index contributed by atoms with van der Waals surface area (Å²) in [5, 5.41) is 9.13. The second kappa shape index (κ2) is 5.80. The zero-order valence-corrected chi connectivity index (χ0v) is 11.5. The van der Waals surface area contributed by atoms with Gasteiger partial charge in [0.25, 0.3) is 5.91 Å². The third-order valence-corrected chi connectivity index (χ3v) is 3.72. The number of hydrogen-bond donors (Lipinski definition) is 1. The van der Waals surface area contributed by atoms with E-state index in [-0.39, 0.29) is 24.0 Å². The van der Waals surface area contributed by atoms with E-state index in [2.05, 4.69) is 15.9 Å². The van der Waals surface area contributed by atoms with Crippen LogP contribution >= 0.6 is 15.9 Å². The maximum Gasteiger partial charge on any atom is 0.256 e. The lowest BCUT2D eigenvalue weighted by Gasteiger charge is -2.32. The van der Waals surface area contributed by atoms with Gasteiger partial charge in [0.05, 0.1) is 5.56 Å². The van der Waals surface area contributed by atoms with Crippen LogP contribution in [0.2, 0.25) is 0 Å². The van der Waals surface area contributed by atoms with Crippen molar-refractivity contribution in [3.8, 4) is 0 Å². The smallest absolute Gasteiger partial charge is 0.256 e. The second-order valence-electron chi connectivity index (χ2n) is 4.57. The highest BCUT2D eigenvalue weighted by molar-refractivity contribution is 9.10. The molecule has 1 heterocycles. The van der Waals surface area contributed by atoms with E-state index >= 15 is 0 Å². The summed E-state index contributed by atoms with van der Waals surface area (Å²) >= 11 is 3.16. The van der Waals surface area contributed by atoms with Crippen LogP contribution < -0.4 is 0 Å². The van der Waals surface area contributed by atoms with E-state index in [0.717, 1.165) is 12.8 Å². The largest absolute Gasteiger partial charge is 0.396 e. The molecule has 0 spiro atoms. The van der Waals surface area contributed by atoms with Gasteiger partial charge in [0.1, 0.15) is 5.82 Å². The highest BCUT2D eigenvalue weighted by atomic mass is 79.9. The summed E-state index contributed by atoms with van der Waals surface area (Å²) in [6.07, 6.45) is 1.78. The molecule has 0 aromatic heterocycles. The Hall–Kier alpha value is -0.940. The molecule has 18 heavy (non-hydrogen) atoms. The van der Waals surface area contributed by atoms with Crippen molar-refractivity contribution in [1.82, 2.24) is 4.90 Å². The predicted octanol–water partition coefficient (Wildman–Crippen LogP) is 2.43. The van der Waals surface area contributed by atoms with Crippen molar-refractivity contribution in [3.63, 3.8) is 0 Å². The molecule has 3 nitrogen and oxygen atoms in total. The minimum atomic E-state index is -0.513. The lowest BCUT2D eigenvalue weighted by atomic mass is 9.98. The molecule has 0 radical (unpaired) electrons. The fourth-order valence-corrected chi connectivity index (χ4v) is 2.56. The standard InChI is InChI=1S/C13H15BrFNO2/c14-10-3-4-11(12(15)6-10)13(18)16-5-1-2-9(7-16)8-17/h3-4,6,9,17H,1-2,5,7-8H2. The first kappa shape index (κ1) is 13.5. The molecule has 1 N–H and O–H groups in total. The maximum absolute atomic E-state index is 13.7. The molecule has 1 aromatic rings. The van der Waals surface area contributed by atoms with Crippen molar-refractivity contribution >= 4 is 21.8 Å². The summed E-state index contributed by atoms with van der Waals surface area (Å²) in [6.45, 7) is 1.21. The van der Waals surface area contributed by atoms with Gasteiger partial charge < -0.3 is 10.0 Å². The Kier molecular flexibility index (Phi) is 4.35. The van der Waals surface area contributed by atoms with E-state index in [1.807, 2.05) is 0 Å². The van der Waals surface area contributed by atoms with Crippen LogP contribution in [0.4, 0.5) is 4.39 Å². The number of carbonyl (C=O) groups excluding carboxylic acids is 1. The minimum Gasteiger partial charge on any atom is -0.396 e. The maximum atomic E-state index is 13.7. The zero-order valence-electron chi connectivity index (χ0n) is 9.90. The predicted molar refractivity (Wildman–Crippen MR) is 69.8 cm³/mol. The molecule has 1 fully saturated rings. The van der Waals surface area contributed by atoms with E-state index in [1.165, 1.54) is 12.1 Å². The first-order valence-electron chi connectivity index (χ1n) is 5.97. The third-order valence-electron chi connectivity index (χ3n) is 3.23. The molecule has 1 aliphatic heterocycles. The Balaban J connectivity index is 2.15.